The van der Waals surface area contributed by atoms with Crippen molar-refractivity contribution in [3.05, 3.63) is 32.7 Å². The third-order valence-electron chi connectivity index (χ3n) is 2.45. The number of halogens is 1. The van der Waals surface area contributed by atoms with Gasteiger partial charge in [-0.2, -0.15) is 0 Å². The fraction of sp³-hybridized carbons (Fsp3) is 0.455. The van der Waals surface area contributed by atoms with E-state index in [0.29, 0.717) is 0 Å². The highest BCUT2D eigenvalue weighted by Crippen LogP contribution is 2.34. The molecule has 0 saturated heterocycles. The number of aromatic nitrogens is 1. The largest absolute Gasteiger partial charge is 0.462 e. The molecule has 5 heteroatoms. The van der Waals surface area contributed by atoms with Gasteiger partial charge < -0.3 is 9.30 Å². The molecule has 0 radical (unpaired) electrons. The standard InChI is InChI=1S/C11H12BrNO3/c1-2-16-11(15)9-5-7(12)6-13(10(9)14)8-3-4-8/h5-6,8H,2-4H2,1H3. The number of nitrogens with zero attached hydrogens (tertiary/aromatic N) is 1. The van der Waals surface area contributed by atoms with Crippen LogP contribution in [0.3, 0.4) is 0 Å². The molecule has 86 valence electrons. The zero-order valence-electron chi connectivity index (χ0n) is 8.90. The number of carbonyl (C=O) groups is 1. The van der Waals surface area contributed by atoms with Crippen molar-refractivity contribution in [3.63, 3.8) is 0 Å². The van der Waals surface area contributed by atoms with Gasteiger partial charge in [-0.15, -0.1) is 0 Å². The van der Waals surface area contributed by atoms with Gasteiger partial charge in [0.15, 0.2) is 0 Å². The lowest BCUT2D eigenvalue weighted by Gasteiger charge is -2.07. The van der Waals surface area contributed by atoms with E-state index < -0.39 is 5.97 Å². The van der Waals surface area contributed by atoms with Crippen LogP contribution in [0.2, 0.25) is 0 Å². The Morgan fingerprint density at radius 2 is 2.31 bits per heavy atom. The average Bonchev–Trinajstić information content (AvgIpc) is 3.05. The van der Waals surface area contributed by atoms with Crippen molar-refractivity contribution >= 4 is 21.9 Å². The summed E-state index contributed by atoms with van der Waals surface area (Å²) in [7, 11) is 0. The number of hydrogen-bond acceptors (Lipinski definition) is 3. The predicted octanol–water partition coefficient (Wildman–Crippen LogP) is 2.12. The summed E-state index contributed by atoms with van der Waals surface area (Å²) in [6.45, 7) is 1.99. The first-order valence-electron chi connectivity index (χ1n) is 5.22. The molecule has 2 rings (SSSR count). The van der Waals surface area contributed by atoms with Crippen LogP contribution in [-0.4, -0.2) is 17.1 Å². The van der Waals surface area contributed by atoms with Crippen LogP contribution >= 0.6 is 15.9 Å². The van der Waals surface area contributed by atoms with Crippen LogP contribution in [0, 0.1) is 0 Å². The predicted molar refractivity (Wildman–Crippen MR) is 62.6 cm³/mol. The van der Waals surface area contributed by atoms with Crippen LogP contribution in [0.4, 0.5) is 0 Å². The molecule has 1 aromatic rings. The molecule has 0 amide bonds. The second-order valence-electron chi connectivity index (χ2n) is 3.74. The molecule has 1 saturated carbocycles. The van der Waals surface area contributed by atoms with Crippen molar-refractivity contribution in [2.45, 2.75) is 25.8 Å². The Bertz CT molecular complexity index is 477. The van der Waals surface area contributed by atoms with E-state index in [-0.39, 0.29) is 23.8 Å². The van der Waals surface area contributed by atoms with Crippen molar-refractivity contribution < 1.29 is 9.53 Å². The van der Waals surface area contributed by atoms with Gasteiger partial charge in [0.1, 0.15) is 5.56 Å². The van der Waals surface area contributed by atoms with E-state index in [1.807, 2.05) is 0 Å². The number of carbonyl (C=O) groups excluding carboxylic acids is 1. The highest BCUT2D eigenvalue weighted by molar-refractivity contribution is 9.10. The molecule has 1 fully saturated rings. The highest BCUT2D eigenvalue weighted by Gasteiger charge is 2.27. The minimum Gasteiger partial charge on any atom is -0.462 e. The average molecular weight is 286 g/mol. The van der Waals surface area contributed by atoms with Gasteiger partial charge in [0.2, 0.25) is 0 Å². The van der Waals surface area contributed by atoms with Crippen molar-refractivity contribution in [3.8, 4) is 0 Å². The lowest BCUT2D eigenvalue weighted by molar-refractivity contribution is 0.0523. The maximum absolute atomic E-state index is 12.0. The van der Waals surface area contributed by atoms with Crippen LogP contribution in [0.15, 0.2) is 21.5 Å². The third kappa shape index (κ3) is 2.19. The van der Waals surface area contributed by atoms with Crippen LogP contribution in [-0.2, 0) is 4.74 Å². The quantitative estimate of drug-likeness (QED) is 0.800. The fourth-order valence-corrected chi connectivity index (χ4v) is 2.00. The van der Waals surface area contributed by atoms with Crippen LogP contribution in [0.5, 0.6) is 0 Å². The SMILES string of the molecule is CCOC(=O)c1cc(Br)cn(C2CC2)c1=O. The maximum Gasteiger partial charge on any atom is 0.343 e. The molecule has 1 aliphatic rings. The molecule has 1 aliphatic carbocycles. The summed E-state index contributed by atoms with van der Waals surface area (Å²) in [5, 5.41) is 0. The summed E-state index contributed by atoms with van der Waals surface area (Å²) in [6.07, 6.45) is 3.72. The third-order valence-corrected chi connectivity index (χ3v) is 2.88. The van der Waals surface area contributed by atoms with E-state index in [1.54, 1.807) is 17.7 Å². The Hall–Kier alpha value is -1.10. The summed E-state index contributed by atoms with van der Waals surface area (Å²) in [4.78, 5) is 23.5. The Balaban J connectivity index is 2.44. The second-order valence-corrected chi connectivity index (χ2v) is 4.65. The van der Waals surface area contributed by atoms with Gasteiger partial charge in [-0.3, -0.25) is 4.79 Å². The molecule has 0 unspecified atom stereocenters. The first-order chi connectivity index (χ1) is 7.63. The van der Waals surface area contributed by atoms with Crippen molar-refractivity contribution in [1.29, 1.82) is 0 Å². The molecular weight excluding hydrogens is 274 g/mol. The molecule has 1 heterocycles. The molecule has 0 bridgehead atoms. The number of esters is 1. The highest BCUT2D eigenvalue weighted by atomic mass is 79.9. The normalized spacial score (nSPS) is 14.9. The van der Waals surface area contributed by atoms with E-state index in [9.17, 15) is 9.59 Å². The summed E-state index contributed by atoms with van der Waals surface area (Å²) >= 11 is 3.30. The fourth-order valence-electron chi connectivity index (χ4n) is 1.55. The first-order valence-corrected chi connectivity index (χ1v) is 6.01. The molecule has 4 nitrogen and oxygen atoms in total. The van der Waals surface area contributed by atoms with Gasteiger partial charge in [0.25, 0.3) is 5.56 Å². The molecule has 0 aliphatic heterocycles. The van der Waals surface area contributed by atoms with Crippen molar-refractivity contribution in [2.75, 3.05) is 6.61 Å². The van der Waals surface area contributed by atoms with Gasteiger partial charge in [0, 0.05) is 16.7 Å². The van der Waals surface area contributed by atoms with Crippen molar-refractivity contribution in [2.24, 2.45) is 0 Å². The molecular formula is C11H12BrNO3. The van der Waals surface area contributed by atoms with E-state index >= 15 is 0 Å². The smallest absolute Gasteiger partial charge is 0.343 e. The zero-order chi connectivity index (χ0) is 11.7. The van der Waals surface area contributed by atoms with E-state index in [4.69, 9.17) is 4.74 Å². The Kier molecular flexibility index (Phi) is 3.14. The lowest BCUT2D eigenvalue weighted by atomic mass is 10.3. The molecule has 16 heavy (non-hydrogen) atoms. The van der Waals surface area contributed by atoms with Crippen LogP contribution < -0.4 is 5.56 Å². The minimum atomic E-state index is -0.553. The molecule has 0 aromatic carbocycles. The Morgan fingerprint density at radius 1 is 1.62 bits per heavy atom. The number of hydrogen-bond donors (Lipinski definition) is 0. The first kappa shape index (κ1) is 11.4. The second kappa shape index (κ2) is 4.41. The maximum atomic E-state index is 12.0. The zero-order valence-corrected chi connectivity index (χ0v) is 10.5. The summed E-state index contributed by atoms with van der Waals surface area (Å²) < 4.78 is 7.18. The van der Waals surface area contributed by atoms with E-state index in [2.05, 4.69) is 15.9 Å². The van der Waals surface area contributed by atoms with Gasteiger partial charge >= 0.3 is 5.97 Å². The van der Waals surface area contributed by atoms with Crippen LogP contribution in [0.25, 0.3) is 0 Å². The Labute approximate surface area is 101 Å². The lowest BCUT2D eigenvalue weighted by Crippen LogP contribution is -2.26. The Morgan fingerprint density at radius 3 is 2.88 bits per heavy atom. The van der Waals surface area contributed by atoms with Gasteiger partial charge in [-0.1, -0.05) is 0 Å². The number of pyridine rings is 1. The molecule has 0 atom stereocenters. The topological polar surface area (TPSA) is 48.3 Å². The van der Waals surface area contributed by atoms with Crippen LogP contribution in [0.1, 0.15) is 36.2 Å². The summed E-state index contributed by atoms with van der Waals surface area (Å²) in [5.74, 6) is -0.553. The molecule has 0 spiro atoms. The van der Waals surface area contributed by atoms with E-state index in [0.717, 1.165) is 17.3 Å². The summed E-state index contributed by atoms with van der Waals surface area (Å²) in [5.41, 5.74) is -0.160. The number of rotatable bonds is 3. The van der Waals surface area contributed by atoms with Crippen molar-refractivity contribution in [1.82, 2.24) is 4.57 Å². The summed E-state index contributed by atoms with van der Waals surface area (Å²) in [6, 6.07) is 1.76. The van der Waals surface area contributed by atoms with Gasteiger partial charge in [-0.05, 0) is 41.8 Å². The van der Waals surface area contributed by atoms with E-state index in [1.165, 1.54) is 6.07 Å². The minimum absolute atomic E-state index is 0.100. The molecule has 0 N–H and O–H groups in total. The molecule has 1 aromatic heterocycles. The van der Waals surface area contributed by atoms with Gasteiger partial charge in [-0.25, -0.2) is 4.79 Å². The number of ether oxygens (including phenoxy) is 1. The monoisotopic (exact) mass is 285 g/mol. The van der Waals surface area contributed by atoms with Gasteiger partial charge in [0.05, 0.1) is 6.61 Å².